The van der Waals surface area contributed by atoms with E-state index in [-0.39, 0.29) is 18.2 Å². The zero-order chi connectivity index (χ0) is 13.8. The highest BCUT2D eigenvalue weighted by Crippen LogP contribution is 2.23. The van der Waals surface area contributed by atoms with Gasteiger partial charge in [0, 0.05) is 11.3 Å². The average molecular weight is 263 g/mol. The molecule has 0 heterocycles. The molecule has 1 unspecified atom stereocenters. The van der Waals surface area contributed by atoms with E-state index in [0.717, 1.165) is 17.3 Å². The van der Waals surface area contributed by atoms with E-state index in [1.807, 2.05) is 6.07 Å². The molecule has 0 aliphatic heterocycles. The van der Waals surface area contributed by atoms with Gasteiger partial charge in [-0.25, -0.2) is 8.78 Å². The summed E-state index contributed by atoms with van der Waals surface area (Å²) in [7, 11) is 0. The van der Waals surface area contributed by atoms with Gasteiger partial charge in [-0.3, -0.25) is 0 Å². The van der Waals surface area contributed by atoms with E-state index in [1.54, 1.807) is 31.2 Å². The Morgan fingerprint density at radius 2 is 1.89 bits per heavy atom. The predicted molar refractivity (Wildman–Crippen MR) is 70.8 cm³/mol. The standard InChI is InChI=1S/C15H15F2NO/c1-10(13-6-3-7-14(16)15(13)17)18-12-5-2-4-11(8-12)9-19/h2-8,10,18-19H,9H2,1H3. The van der Waals surface area contributed by atoms with Crippen molar-refractivity contribution >= 4 is 5.69 Å². The minimum atomic E-state index is -0.852. The first kappa shape index (κ1) is 13.5. The third-order valence-electron chi connectivity index (χ3n) is 2.94. The van der Waals surface area contributed by atoms with Crippen molar-refractivity contribution in [2.75, 3.05) is 5.32 Å². The normalized spacial score (nSPS) is 12.2. The van der Waals surface area contributed by atoms with E-state index < -0.39 is 11.6 Å². The largest absolute Gasteiger partial charge is 0.392 e. The smallest absolute Gasteiger partial charge is 0.164 e. The van der Waals surface area contributed by atoms with Gasteiger partial charge < -0.3 is 10.4 Å². The van der Waals surface area contributed by atoms with Gasteiger partial charge in [-0.2, -0.15) is 0 Å². The first-order valence-electron chi connectivity index (χ1n) is 6.02. The number of anilines is 1. The molecule has 100 valence electrons. The van der Waals surface area contributed by atoms with Crippen LogP contribution in [-0.4, -0.2) is 5.11 Å². The highest BCUT2D eigenvalue weighted by molar-refractivity contribution is 5.47. The fraction of sp³-hybridized carbons (Fsp3) is 0.200. The van der Waals surface area contributed by atoms with Gasteiger partial charge in [0.15, 0.2) is 11.6 Å². The van der Waals surface area contributed by atoms with Crippen LogP contribution in [0.25, 0.3) is 0 Å². The summed E-state index contributed by atoms with van der Waals surface area (Å²) >= 11 is 0. The third-order valence-corrected chi connectivity index (χ3v) is 2.94. The molecular formula is C15H15F2NO. The Labute approximate surface area is 110 Å². The third kappa shape index (κ3) is 3.09. The lowest BCUT2D eigenvalue weighted by atomic mass is 10.1. The van der Waals surface area contributed by atoms with Crippen molar-refractivity contribution in [2.45, 2.75) is 19.6 Å². The van der Waals surface area contributed by atoms with Gasteiger partial charge in [-0.1, -0.05) is 24.3 Å². The summed E-state index contributed by atoms with van der Waals surface area (Å²) in [5.74, 6) is -1.68. The second kappa shape index (κ2) is 5.80. The van der Waals surface area contributed by atoms with Crippen molar-refractivity contribution in [2.24, 2.45) is 0 Å². The molecule has 19 heavy (non-hydrogen) atoms. The number of hydrogen-bond donors (Lipinski definition) is 2. The Morgan fingerprint density at radius 3 is 2.63 bits per heavy atom. The topological polar surface area (TPSA) is 32.3 Å². The Hall–Kier alpha value is -1.94. The molecular weight excluding hydrogens is 248 g/mol. The van der Waals surface area contributed by atoms with Crippen molar-refractivity contribution in [1.29, 1.82) is 0 Å². The maximum absolute atomic E-state index is 13.6. The van der Waals surface area contributed by atoms with E-state index in [4.69, 9.17) is 5.11 Å². The van der Waals surface area contributed by atoms with Gasteiger partial charge in [0.25, 0.3) is 0 Å². The Balaban J connectivity index is 2.20. The molecule has 2 aromatic carbocycles. The summed E-state index contributed by atoms with van der Waals surface area (Å²) in [6.45, 7) is 1.70. The first-order valence-corrected chi connectivity index (χ1v) is 6.02. The summed E-state index contributed by atoms with van der Waals surface area (Å²) in [5.41, 5.74) is 1.79. The van der Waals surface area contributed by atoms with E-state index in [9.17, 15) is 8.78 Å². The molecule has 2 N–H and O–H groups in total. The first-order chi connectivity index (χ1) is 9.11. The summed E-state index contributed by atoms with van der Waals surface area (Å²) in [6.07, 6.45) is 0. The molecule has 4 heteroatoms. The van der Waals surface area contributed by atoms with Gasteiger partial charge in [0.05, 0.1) is 12.6 Å². The van der Waals surface area contributed by atoms with Crippen LogP contribution in [0.1, 0.15) is 24.1 Å². The molecule has 0 amide bonds. The fourth-order valence-corrected chi connectivity index (χ4v) is 1.94. The number of rotatable bonds is 4. The monoisotopic (exact) mass is 263 g/mol. The molecule has 2 rings (SSSR count). The quantitative estimate of drug-likeness (QED) is 0.882. The molecule has 0 saturated heterocycles. The molecule has 0 bridgehead atoms. The highest BCUT2D eigenvalue weighted by Gasteiger charge is 2.13. The predicted octanol–water partition coefficient (Wildman–Crippen LogP) is 3.63. The second-order valence-corrected chi connectivity index (χ2v) is 4.37. The van der Waals surface area contributed by atoms with E-state index >= 15 is 0 Å². The molecule has 2 aromatic rings. The van der Waals surface area contributed by atoms with Gasteiger partial charge in [-0.05, 0) is 30.7 Å². The van der Waals surface area contributed by atoms with Crippen LogP contribution >= 0.6 is 0 Å². The summed E-state index contributed by atoms with van der Waals surface area (Å²) in [6, 6.07) is 10.9. The molecule has 0 radical (unpaired) electrons. The van der Waals surface area contributed by atoms with Crippen LogP contribution in [-0.2, 0) is 6.61 Å². The van der Waals surface area contributed by atoms with Crippen LogP contribution in [0.3, 0.4) is 0 Å². The van der Waals surface area contributed by atoms with Crippen LogP contribution < -0.4 is 5.32 Å². The molecule has 0 aliphatic rings. The molecule has 0 aromatic heterocycles. The Kier molecular flexibility index (Phi) is 4.12. The van der Waals surface area contributed by atoms with Crippen LogP contribution in [0.4, 0.5) is 14.5 Å². The average Bonchev–Trinajstić information content (AvgIpc) is 2.42. The highest BCUT2D eigenvalue weighted by atomic mass is 19.2. The van der Waals surface area contributed by atoms with E-state index in [1.165, 1.54) is 6.07 Å². The molecule has 0 saturated carbocycles. The lowest BCUT2D eigenvalue weighted by Gasteiger charge is -2.17. The van der Waals surface area contributed by atoms with E-state index in [2.05, 4.69) is 5.32 Å². The van der Waals surface area contributed by atoms with Crippen LogP contribution in [0.2, 0.25) is 0 Å². The molecule has 0 fully saturated rings. The SMILES string of the molecule is CC(Nc1cccc(CO)c1)c1cccc(F)c1F. The van der Waals surface area contributed by atoms with Crippen molar-refractivity contribution in [3.8, 4) is 0 Å². The molecule has 2 nitrogen and oxygen atoms in total. The number of aliphatic hydroxyl groups is 1. The van der Waals surface area contributed by atoms with Crippen molar-refractivity contribution in [3.05, 3.63) is 65.2 Å². The fourth-order valence-electron chi connectivity index (χ4n) is 1.94. The van der Waals surface area contributed by atoms with Crippen molar-refractivity contribution in [3.63, 3.8) is 0 Å². The minimum absolute atomic E-state index is 0.0573. The summed E-state index contributed by atoms with van der Waals surface area (Å²) in [4.78, 5) is 0. The maximum atomic E-state index is 13.6. The van der Waals surface area contributed by atoms with Crippen molar-refractivity contribution < 1.29 is 13.9 Å². The maximum Gasteiger partial charge on any atom is 0.164 e. The van der Waals surface area contributed by atoms with Gasteiger partial charge in [0.2, 0.25) is 0 Å². The number of nitrogens with one attached hydrogen (secondary N) is 1. The van der Waals surface area contributed by atoms with Gasteiger partial charge in [-0.15, -0.1) is 0 Å². The second-order valence-electron chi connectivity index (χ2n) is 4.37. The molecule has 1 atom stereocenters. The lowest BCUT2D eigenvalue weighted by molar-refractivity contribution is 0.282. The van der Waals surface area contributed by atoms with Gasteiger partial charge in [0.1, 0.15) is 0 Å². The summed E-state index contributed by atoms with van der Waals surface area (Å²) < 4.78 is 26.8. The Morgan fingerprint density at radius 1 is 1.16 bits per heavy atom. The van der Waals surface area contributed by atoms with Crippen LogP contribution in [0, 0.1) is 11.6 Å². The zero-order valence-corrected chi connectivity index (χ0v) is 10.5. The zero-order valence-electron chi connectivity index (χ0n) is 10.5. The molecule has 0 aliphatic carbocycles. The number of aliphatic hydroxyl groups excluding tert-OH is 1. The number of benzene rings is 2. The number of hydrogen-bond acceptors (Lipinski definition) is 2. The lowest BCUT2D eigenvalue weighted by Crippen LogP contribution is -2.09. The Bertz CT molecular complexity index is 572. The minimum Gasteiger partial charge on any atom is -0.392 e. The summed E-state index contributed by atoms with van der Waals surface area (Å²) in [5, 5.41) is 12.1. The van der Waals surface area contributed by atoms with Gasteiger partial charge >= 0.3 is 0 Å². The van der Waals surface area contributed by atoms with E-state index in [0.29, 0.717) is 0 Å². The van der Waals surface area contributed by atoms with Crippen molar-refractivity contribution in [1.82, 2.24) is 0 Å². The molecule has 0 spiro atoms. The number of halogens is 2. The van der Waals surface area contributed by atoms with Crippen LogP contribution in [0.15, 0.2) is 42.5 Å². The van der Waals surface area contributed by atoms with Crippen LogP contribution in [0.5, 0.6) is 0 Å².